The van der Waals surface area contributed by atoms with Crippen molar-refractivity contribution in [2.24, 2.45) is 0 Å². The summed E-state index contributed by atoms with van der Waals surface area (Å²) in [7, 11) is 0.146. The molecular weight excluding hydrogens is 334 g/mol. The van der Waals surface area contributed by atoms with Crippen LogP contribution in [0.3, 0.4) is 0 Å². The van der Waals surface area contributed by atoms with Crippen molar-refractivity contribution in [3.63, 3.8) is 0 Å². The zero-order valence-corrected chi connectivity index (χ0v) is 18.0. The van der Waals surface area contributed by atoms with Crippen molar-refractivity contribution >= 4 is 38.3 Å². The minimum atomic E-state index is 0. The summed E-state index contributed by atoms with van der Waals surface area (Å²) in [5, 5.41) is 1.06. The smallest absolute Gasteiger partial charge is 0.186 e. The summed E-state index contributed by atoms with van der Waals surface area (Å²) in [5.41, 5.74) is 5.77. The Bertz CT molecular complexity index is 739. The topological polar surface area (TPSA) is 26.3 Å². The molecule has 1 unspecified atom stereocenters. The van der Waals surface area contributed by atoms with Gasteiger partial charge in [0.2, 0.25) is 0 Å². The van der Waals surface area contributed by atoms with Crippen LogP contribution < -0.4 is 10.0 Å². The van der Waals surface area contributed by atoms with Crippen LogP contribution in [0.2, 0.25) is 0 Å². The third-order valence-electron chi connectivity index (χ3n) is 4.71. The molecule has 0 saturated heterocycles. The largest absolute Gasteiger partial charge is 0.494 e. The summed E-state index contributed by atoms with van der Waals surface area (Å²) >= 11 is 0. The Kier molecular flexibility index (Phi) is 9.66. The zero-order chi connectivity index (χ0) is 18.4. The van der Waals surface area contributed by atoms with Crippen LogP contribution in [0, 0.1) is 27.7 Å². The van der Waals surface area contributed by atoms with E-state index in [0.29, 0.717) is 0 Å². The molecular formula is C22H29LiO2P. The molecule has 0 aromatic heterocycles. The molecule has 0 saturated carbocycles. The van der Waals surface area contributed by atoms with Crippen LogP contribution in [0.4, 0.5) is 0 Å². The first-order valence-electron chi connectivity index (χ1n) is 9.05. The number of carbonyl (C=O) groups excluding carboxylic acids is 1. The van der Waals surface area contributed by atoms with Gasteiger partial charge in [-0.25, -0.2) is 0 Å². The van der Waals surface area contributed by atoms with Crippen LogP contribution >= 0.6 is 8.58 Å². The number of benzene rings is 2. The van der Waals surface area contributed by atoms with E-state index in [1.807, 2.05) is 31.2 Å². The standard InChI is InChI=1S/C22H29O2P.Li/c1-6-7-8-13-24-19-9-11-20(12-10-19)25-22(23)21-16(3)14-15(2)17(4)18(21)5;/h9-12,14,25H,6-8,13H2,1-5H3;. The minimum Gasteiger partial charge on any atom is -0.494 e. The third-order valence-corrected chi connectivity index (χ3v) is 5.81. The van der Waals surface area contributed by atoms with Gasteiger partial charge in [-0.05, 0) is 82.4 Å². The second-order valence-corrected chi connectivity index (χ2v) is 7.95. The molecule has 0 aliphatic heterocycles. The number of unbranched alkanes of at least 4 members (excludes halogenated alkanes) is 2. The number of ether oxygens (including phenoxy) is 1. The Balaban J connectivity index is 0.00000338. The number of aryl methyl sites for hydroxylation is 2. The Morgan fingerprint density at radius 3 is 2.23 bits per heavy atom. The number of rotatable bonds is 8. The normalized spacial score (nSPS) is 10.8. The third kappa shape index (κ3) is 5.99. The van der Waals surface area contributed by atoms with Crippen LogP contribution in [0.1, 0.15) is 58.8 Å². The average molecular weight is 363 g/mol. The summed E-state index contributed by atoms with van der Waals surface area (Å²) in [6.07, 6.45) is 3.48. The minimum absolute atomic E-state index is 0. The molecule has 26 heavy (non-hydrogen) atoms. The van der Waals surface area contributed by atoms with Gasteiger partial charge in [-0.15, -0.1) is 0 Å². The van der Waals surface area contributed by atoms with E-state index in [9.17, 15) is 4.79 Å². The Labute approximate surface area is 172 Å². The molecule has 2 nitrogen and oxygen atoms in total. The first kappa shape index (κ1) is 23.0. The zero-order valence-electron chi connectivity index (χ0n) is 17.0. The van der Waals surface area contributed by atoms with E-state index < -0.39 is 0 Å². The number of hydrogen-bond donors (Lipinski definition) is 0. The van der Waals surface area contributed by atoms with Crippen LogP contribution in [-0.2, 0) is 0 Å². The fourth-order valence-electron chi connectivity index (χ4n) is 3.00. The molecule has 135 valence electrons. The maximum atomic E-state index is 12.8. The van der Waals surface area contributed by atoms with Crippen LogP contribution in [0.25, 0.3) is 0 Å². The van der Waals surface area contributed by atoms with E-state index in [0.717, 1.165) is 40.8 Å². The van der Waals surface area contributed by atoms with Crippen molar-refractivity contribution < 1.29 is 9.53 Å². The van der Waals surface area contributed by atoms with Crippen molar-refractivity contribution in [1.82, 2.24) is 0 Å². The van der Waals surface area contributed by atoms with Crippen molar-refractivity contribution in [1.29, 1.82) is 0 Å². The molecule has 1 atom stereocenters. The predicted molar refractivity (Wildman–Crippen MR) is 115 cm³/mol. The van der Waals surface area contributed by atoms with Gasteiger partial charge in [0.1, 0.15) is 5.75 Å². The van der Waals surface area contributed by atoms with Crippen molar-refractivity contribution in [3.05, 3.63) is 58.1 Å². The van der Waals surface area contributed by atoms with E-state index in [-0.39, 0.29) is 33.0 Å². The van der Waals surface area contributed by atoms with Crippen molar-refractivity contribution in [2.45, 2.75) is 53.9 Å². The van der Waals surface area contributed by atoms with Crippen LogP contribution in [0.5, 0.6) is 5.75 Å². The first-order valence-corrected chi connectivity index (χ1v) is 10.1. The van der Waals surface area contributed by atoms with Gasteiger partial charge in [0, 0.05) is 24.4 Å². The molecule has 0 amide bonds. The molecule has 2 rings (SSSR count). The van der Waals surface area contributed by atoms with E-state index in [1.165, 1.54) is 24.0 Å². The van der Waals surface area contributed by atoms with Crippen molar-refractivity contribution in [2.75, 3.05) is 6.61 Å². The van der Waals surface area contributed by atoms with Gasteiger partial charge >= 0.3 is 0 Å². The molecule has 0 heterocycles. The number of carbonyl (C=O) groups is 1. The molecule has 0 spiro atoms. The van der Waals surface area contributed by atoms with Gasteiger partial charge in [-0.3, -0.25) is 4.79 Å². The molecule has 0 N–H and O–H groups in total. The van der Waals surface area contributed by atoms with E-state index >= 15 is 0 Å². The van der Waals surface area contributed by atoms with Crippen LogP contribution in [0.15, 0.2) is 30.3 Å². The summed E-state index contributed by atoms with van der Waals surface area (Å²) in [4.78, 5) is 12.8. The van der Waals surface area contributed by atoms with Gasteiger partial charge < -0.3 is 4.74 Å². The summed E-state index contributed by atoms with van der Waals surface area (Å²) in [5.74, 6) is 0.885. The molecule has 0 fully saturated rings. The Morgan fingerprint density at radius 1 is 0.962 bits per heavy atom. The summed E-state index contributed by atoms with van der Waals surface area (Å²) in [6.45, 7) is 11.2. The Morgan fingerprint density at radius 2 is 1.62 bits per heavy atom. The molecule has 2 aromatic rings. The fourth-order valence-corrected chi connectivity index (χ4v) is 4.11. The fraction of sp³-hybridized carbons (Fsp3) is 0.409. The second-order valence-electron chi connectivity index (χ2n) is 6.67. The van der Waals surface area contributed by atoms with Gasteiger partial charge in [0.15, 0.2) is 5.52 Å². The van der Waals surface area contributed by atoms with E-state index in [2.05, 4.69) is 33.8 Å². The van der Waals surface area contributed by atoms with Crippen molar-refractivity contribution in [3.8, 4) is 5.75 Å². The monoisotopic (exact) mass is 363 g/mol. The van der Waals surface area contributed by atoms with Crippen LogP contribution in [-0.4, -0.2) is 31.0 Å². The Hall–Kier alpha value is -1.06. The average Bonchev–Trinajstić information content (AvgIpc) is 2.58. The molecule has 0 bridgehead atoms. The van der Waals surface area contributed by atoms with Gasteiger partial charge in [0.25, 0.3) is 0 Å². The first-order chi connectivity index (χ1) is 11.9. The predicted octanol–water partition coefficient (Wildman–Crippen LogP) is 5.25. The van der Waals surface area contributed by atoms with Gasteiger partial charge in [-0.1, -0.05) is 38.0 Å². The van der Waals surface area contributed by atoms with Gasteiger partial charge in [0.05, 0.1) is 6.61 Å². The summed E-state index contributed by atoms with van der Waals surface area (Å²) < 4.78 is 5.74. The molecule has 2 aromatic carbocycles. The quantitative estimate of drug-likeness (QED) is 0.364. The molecule has 1 radical (unpaired) electrons. The summed E-state index contributed by atoms with van der Waals surface area (Å²) in [6, 6.07) is 10.1. The number of hydrogen-bond acceptors (Lipinski definition) is 2. The van der Waals surface area contributed by atoms with E-state index in [1.54, 1.807) is 0 Å². The molecule has 4 heteroatoms. The molecule has 0 aliphatic rings. The van der Waals surface area contributed by atoms with Gasteiger partial charge in [-0.2, -0.15) is 0 Å². The SMILES string of the molecule is CCCCCOc1ccc(PC(=O)c2c(C)cc(C)c(C)c2C)cc1.[Li]. The maximum absolute atomic E-state index is 12.8. The maximum Gasteiger partial charge on any atom is 0.186 e. The van der Waals surface area contributed by atoms with E-state index in [4.69, 9.17) is 4.74 Å². The second kappa shape index (κ2) is 10.9. The molecule has 0 aliphatic carbocycles.